The molecule has 0 aliphatic carbocycles. The van der Waals surface area contributed by atoms with Crippen molar-refractivity contribution in [3.63, 3.8) is 0 Å². The average molecular weight is 388 g/mol. The quantitative estimate of drug-likeness (QED) is 0.375. The molecular weight excluding hydrogens is 375 g/mol. The van der Waals surface area contributed by atoms with Crippen molar-refractivity contribution < 1.29 is 44.6 Å². The Hall–Kier alpha value is -2.05. The number of aromatic nitrogens is 2. The first-order valence-electron chi connectivity index (χ1n) is 6.43. The van der Waals surface area contributed by atoms with Gasteiger partial charge in [0.05, 0.1) is 7.05 Å². The lowest BCUT2D eigenvalue weighted by Crippen LogP contribution is -2.32. The Morgan fingerprint density at radius 2 is 1.64 bits per heavy atom. The van der Waals surface area contributed by atoms with Gasteiger partial charge < -0.3 is 9.66 Å². The number of nitrogens with zero attached hydrogens (tertiary/aromatic N) is 2. The first-order valence-corrected chi connectivity index (χ1v) is 7.84. The van der Waals surface area contributed by atoms with Crippen molar-refractivity contribution in [3.8, 4) is 0 Å². The highest BCUT2D eigenvalue weighted by atomic mass is 32.2. The topological polar surface area (TPSA) is 86.2 Å². The van der Waals surface area contributed by atoms with Gasteiger partial charge in [-0.1, -0.05) is 30.3 Å². The second kappa shape index (κ2) is 7.45. The molecule has 0 bridgehead atoms. The summed E-state index contributed by atoms with van der Waals surface area (Å²) >= 11 is 0. The third-order valence-corrected chi connectivity index (χ3v) is 3.41. The first-order chi connectivity index (χ1) is 11.3. The number of halogens is 5. The molecule has 0 saturated heterocycles. The number of aliphatic hydroxyl groups is 1. The SMILES string of the molecule is C[n+]1ccn(C(F)(F)C(O)c2ccccc2)c1.O=S(=O)([O-])C(F)(F)F. The molecule has 1 aromatic heterocycles. The van der Waals surface area contributed by atoms with E-state index in [-0.39, 0.29) is 5.56 Å². The summed E-state index contributed by atoms with van der Waals surface area (Å²) in [7, 11) is -4.45. The fraction of sp³-hybridized carbons (Fsp3) is 0.308. The van der Waals surface area contributed by atoms with E-state index >= 15 is 0 Å². The van der Waals surface area contributed by atoms with Crippen LogP contribution in [0.3, 0.4) is 0 Å². The number of alkyl halides is 5. The van der Waals surface area contributed by atoms with Crippen LogP contribution >= 0.6 is 0 Å². The number of aliphatic hydroxyl groups excluding tert-OH is 1. The highest BCUT2D eigenvalue weighted by molar-refractivity contribution is 7.86. The van der Waals surface area contributed by atoms with E-state index in [1.807, 2.05) is 0 Å². The van der Waals surface area contributed by atoms with Gasteiger partial charge in [0.2, 0.25) is 6.33 Å². The maximum Gasteiger partial charge on any atom is 0.485 e. The molecular formula is C13H13F5N2O4S. The van der Waals surface area contributed by atoms with Crippen LogP contribution in [0.25, 0.3) is 0 Å². The number of hydrogen-bond donors (Lipinski definition) is 1. The molecule has 25 heavy (non-hydrogen) atoms. The van der Waals surface area contributed by atoms with Gasteiger partial charge in [-0.25, -0.2) is 13.0 Å². The normalized spacial score (nSPS) is 13.8. The third-order valence-electron chi connectivity index (χ3n) is 2.84. The zero-order valence-electron chi connectivity index (χ0n) is 12.6. The summed E-state index contributed by atoms with van der Waals surface area (Å²) in [5.74, 6) is 0. The van der Waals surface area contributed by atoms with Crippen molar-refractivity contribution in [2.24, 2.45) is 7.05 Å². The standard InChI is InChI=1S/C12H13F2N2O.CHF3O3S/c1-15-7-8-16(9-15)12(13,14)11(17)10-5-3-2-4-6-10;2-1(3,4)8(5,6)7/h2-9,11,17H,1H3;(H,5,6,7)/q+1;/p-1. The molecule has 0 radical (unpaired) electrons. The molecule has 1 aromatic carbocycles. The van der Waals surface area contributed by atoms with Gasteiger partial charge >= 0.3 is 11.6 Å². The number of benzene rings is 1. The Kier molecular flexibility index (Phi) is 6.26. The van der Waals surface area contributed by atoms with Gasteiger partial charge in [0, 0.05) is 0 Å². The molecule has 0 amide bonds. The van der Waals surface area contributed by atoms with Crippen LogP contribution in [0.2, 0.25) is 0 Å². The predicted molar refractivity (Wildman–Crippen MR) is 73.0 cm³/mol. The number of hydrogen-bond acceptors (Lipinski definition) is 4. The zero-order chi connectivity index (χ0) is 19.5. The second-order valence-electron chi connectivity index (χ2n) is 4.79. The predicted octanol–water partition coefficient (Wildman–Crippen LogP) is 1.65. The van der Waals surface area contributed by atoms with Gasteiger partial charge in [0.25, 0.3) is 0 Å². The molecule has 2 aromatic rings. The van der Waals surface area contributed by atoms with E-state index in [9.17, 15) is 27.1 Å². The molecule has 1 unspecified atom stereocenters. The first kappa shape index (κ1) is 21.0. The summed E-state index contributed by atoms with van der Waals surface area (Å²) in [6, 6.07) is 4.52. The van der Waals surface area contributed by atoms with E-state index < -0.39 is 27.8 Å². The summed E-state index contributed by atoms with van der Waals surface area (Å²) in [5.41, 5.74) is -5.46. The number of imidazole rings is 1. The van der Waals surface area contributed by atoms with Crippen LogP contribution in [0.1, 0.15) is 11.7 Å². The van der Waals surface area contributed by atoms with Crippen molar-refractivity contribution >= 4 is 10.1 Å². The lowest BCUT2D eigenvalue weighted by atomic mass is 10.1. The zero-order valence-corrected chi connectivity index (χ0v) is 13.4. The molecule has 0 aliphatic heterocycles. The Morgan fingerprint density at radius 1 is 1.16 bits per heavy atom. The molecule has 6 nitrogen and oxygen atoms in total. The lowest BCUT2D eigenvalue weighted by molar-refractivity contribution is -0.671. The van der Waals surface area contributed by atoms with Crippen LogP contribution in [0.15, 0.2) is 49.1 Å². The smallest absolute Gasteiger partial charge is 0.485 e. The minimum Gasteiger partial charge on any atom is -0.741 e. The molecule has 1 N–H and O–H groups in total. The van der Waals surface area contributed by atoms with E-state index in [0.717, 1.165) is 0 Å². The van der Waals surface area contributed by atoms with E-state index in [1.54, 1.807) is 25.2 Å². The molecule has 12 heteroatoms. The fourth-order valence-corrected chi connectivity index (χ4v) is 1.60. The molecule has 1 heterocycles. The monoisotopic (exact) mass is 388 g/mol. The van der Waals surface area contributed by atoms with Crippen molar-refractivity contribution in [2.75, 3.05) is 0 Å². The summed E-state index contributed by atoms with van der Waals surface area (Å²) in [6.45, 7) is 0. The van der Waals surface area contributed by atoms with E-state index in [4.69, 9.17) is 13.0 Å². The summed E-state index contributed by atoms with van der Waals surface area (Å²) in [5, 5.41) is 9.73. The third kappa shape index (κ3) is 5.47. The van der Waals surface area contributed by atoms with Crippen LogP contribution in [0.5, 0.6) is 0 Å². The van der Waals surface area contributed by atoms with Crippen molar-refractivity contribution in [3.05, 3.63) is 54.6 Å². The van der Waals surface area contributed by atoms with E-state index in [0.29, 0.717) is 4.57 Å². The van der Waals surface area contributed by atoms with Gasteiger partial charge in [-0.05, 0) is 5.56 Å². The van der Waals surface area contributed by atoms with Crippen LogP contribution in [0.4, 0.5) is 22.0 Å². The molecule has 140 valence electrons. The van der Waals surface area contributed by atoms with Gasteiger partial charge in [0.15, 0.2) is 16.2 Å². The maximum atomic E-state index is 13.9. The molecule has 2 rings (SSSR count). The van der Waals surface area contributed by atoms with Crippen LogP contribution in [-0.4, -0.2) is 28.2 Å². The second-order valence-corrected chi connectivity index (χ2v) is 6.16. The molecule has 1 atom stereocenters. The Balaban J connectivity index is 0.000000333. The summed E-state index contributed by atoms with van der Waals surface area (Å²) in [4.78, 5) is 0. The van der Waals surface area contributed by atoms with Crippen molar-refractivity contribution in [1.29, 1.82) is 0 Å². The maximum absolute atomic E-state index is 13.9. The Bertz CT molecular complexity index is 790. The molecule has 0 saturated carbocycles. The van der Waals surface area contributed by atoms with E-state index in [1.165, 1.54) is 35.4 Å². The fourth-order valence-electron chi connectivity index (χ4n) is 1.60. The van der Waals surface area contributed by atoms with Gasteiger partial charge in [-0.2, -0.15) is 26.5 Å². The Labute approximate surface area is 139 Å². The van der Waals surface area contributed by atoms with Gasteiger partial charge in [-0.15, -0.1) is 0 Å². The minimum absolute atomic E-state index is 0.189. The number of aryl methyl sites for hydroxylation is 1. The average Bonchev–Trinajstić information content (AvgIpc) is 2.93. The summed E-state index contributed by atoms with van der Waals surface area (Å²) < 4.78 is 89.0. The summed E-state index contributed by atoms with van der Waals surface area (Å²) in [6.07, 6.45) is 2.08. The van der Waals surface area contributed by atoms with Gasteiger partial charge in [-0.3, -0.25) is 0 Å². The van der Waals surface area contributed by atoms with Crippen LogP contribution < -0.4 is 4.57 Å². The largest absolute Gasteiger partial charge is 0.741 e. The van der Waals surface area contributed by atoms with Crippen LogP contribution in [-0.2, 0) is 23.2 Å². The van der Waals surface area contributed by atoms with Gasteiger partial charge in [0.1, 0.15) is 12.4 Å². The lowest BCUT2D eigenvalue weighted by Gasteiger charge is -2.19. The molecule has 0 spiro atoms. The minimum atomic E-state index is -6.09. The van der Waals surface area contributed by atoms with E-state index in [2.05, 4.69) is 0 Å². The van der Waals surface area contributed by atoms with Crippen molar-refractivity contribution in [1.82, 2.24) is 4.57 Å². The van der Waals surface area contributed by atoms with Crippen LogP contribution in [0, 0.1) is 0 Å². The highest BCUT2D eigenvalue weighted by Crippen LogP contribution is 2.35. The van der Waals surface area contributed by atoms with Crippen molar-refractivity contribution in [2.45, 2.75) is 17.7 Å². The Morgan fingerprint density at radius 3 is 2.00 bits per heavy atom. The molecule has 0 aliphatic rings. The molecule has 0 fully saturated rings. The highest BCUT2D eigenvalue weighted by Gasteiger charge is 2.46. The number of rotatable bonds is 3.